The van der Waals surface area contributed by atoms with Crippen LogP contribution in [-0.2, 0) is 19.9 Å². The Hall–Kier alpha value is -4.08. The molecule has 0 aliphatic carbocycles. The Balaban J connectivity index is 1.17. The summed E-state index contributed by atoms with van der Waals surface area (Å²) in [6.45, 7) is 4.55. The lowest BCUT2D eigenvalue weighted by atomic mass is 9.88. The van der Waals surface area contributed by atoms with Crippen LogP contribution in [0.1, 0.15) is 18.1 Å². The number of amides is 5. The summed E-state index contributed by atoms with van der Waals surface area (Å²) in [6, 6.07) is 13.9. The quantitative estimate of drug-likeness (QED) is 0.644. The number of aryl methyl sites for hydroxylation is 1. The SMILES string of the molecule is Cc1ccccc1C1(C)NC(=O)N(CC(=O)N2CCN(C(=O)C3COc4ccccc4O3)CC2)C1=O. The molecule has 2 atom stereocenters. The van der Waals surface area contributed by atoms with Crippen molar-refractivity contribution in [3.63, 3.8) is 0 Å². The van der Waals surface area contributed by atoms with Crippen LogP contribution in [0, 0.1) is 6.92 Å². The summed E-state index contributed by atoms with van der Waals surface area (Å²) in [5, 5.41) is 2.75. The van der Waals surface area contributed by atoms with Gasteiger partial charge in [-0.05, 0) is 37.1 Å². The zero-order valence-electron chi connectivity index (χ0n) is 20.2. The van der Waals surface area contributed by atoms with E-state index in [-0.39, 0.29) is 25.0 Å². The van der Waals surface area contributed by atoms with E-state index in [0.717, 1.165) is 10.5 Å². The number of carbonyl (C=O) groups is 4. The van der Waals surface area contributed by atoms with Crippen molar-refractivity contribution in [1.29, 1.82) is 0 Å². The van der Waals surface area contributed by atoms with Crippen molar-refractivity contribution in [2.45, 2.75) is 25.5 Å². The van der Waals surface area contributed by atoms with Crippen molar-refractivity contribution in [3.05, 3.63) is 59.7 Å². The van der Waals surface area contributed by atoms with Crippen LogP contribution in [0.15, 0.2) is 48.5 Å². The minimum Gasteiger partial charge on any atom is -0.485 e. The summed E-state index contributed by atoms with van der Waals surface area (Å²) in [6.07, 6.45) is -0.743. The Morgan fingerprint density at radius 2 is 1.61 bits per heavy atom. The van der Waals surface area contributed by atoms with E-state index in [2.05, 4.69) is 5.32 Å². The number of benzene rings is 2. The molecule has 2 fully saturated rings. The number of urea groups is 1. The van der Waals surface area contributed by atoms with Crippen LogP contribution in [0.3, 0.4) is 0 Å². The van der Waals surface area contributed by atoms with Crippen molar-refractivity contribution in [2.24, 2.45) is 0 Å². The maximum Gasteiger partial charge on any atom is 0.325 e. The fraction of sp³-hybridized carbons (Fsp3) is 0.385. The lowest BCUT2D eigenvalue weighted by Crippen LogP contribution is -2.56. The number of ether oxygens (including phenoxy) is 2. The minimum absolute atomic E-state index is 0.126. The maximum atomic E-state index is 13.2. The van der Waals surface area contributed by atoms with Gasteiger partial charge in [0.25, 0.3) is 11.8 Å². The average molecular weight is 493 g/mol. The molecule has 0 saturated carbocycles. The molecule has 188 valence electrons. The molecule has 2 aromatic rings. The molecule has 0 aromatic heterocycles. The van der Waals surface area contributed by atoms with Gasteiger partial charge in [0.1, 0.15) is 18.7 Å². The number of rotatable bonds is 4. The molecule has 5 rings (SSSR count). The van der Waals surface area contributed by atoms with Gasteiger partial charge in [-0.3, -0.25) is 19.3 Å². The Labute approximate surface area is 208 Å². The van der Waals surface area contributed by atoms with Crippen LogP contribution in [-0.4, -0.2) is 83.9 Å². The highest BCUT2D eigenvalue weighted by atomic mass is 16.6. The molecule has 2 saturated heterocycles. The van der Waals surface area contributed by atoms with Crippen LogP contribution in [0.25, 0.3) is 0 Å². The zero-order valence-corrected chi connectivity index (χ0v) is 20.2. The number of para-hydroxylation sites is 2. The molecule has 10 heteroatoms. The first kappa shape index (κ1) is 23.7. The first-order valence-electron chi connectivity index (χ1n) is 11.9. The van der Waals surface area contributed by atoms with Crippen molar-refractivity contribution in [1.82, 2.24) is 20.0 Å². The van der Waals surface area contributed by atoms with Crippen LogP contribution < -0.4 is 14.8 Å². The standard InChI is InChI=1S/C26H28N4O6/c1-17-7-3-4-8-18(17)26(2)24(33)30(25(34)27-26)15-22(31)28-11-13-29(14-12-28)23(32)21-16-35-19-9-5-6-10-20(19)36-21/h3-10,21H,11-16H2,1-2H3,(H,27,34). The third-order valence-electron chi connectivity index (χ3n) is 6.98. The summed E-state index contributed by atoms with van der Waals surface area (Å²) in [7, 11) is 0. The van der Waals surface area contributed by atoms with Gasteiger partial charge in [-0.2, -0.15) is 0 Å². The molecular formula is C26H28N4O6. The summed E-state index contributed by atoms with van der Waals surface area (Å²) in [4.78, 5) is 56.0. The third kappa shape index (κ3) is 4.12. The number of hydrogen-bond donors (Lipinski definition) is 1. The van der Waals surface area contributed by atoms with E-state index in [0.29, 0.717) is 43.2 Å². The minimum atomic E-state index is -1.23. The maximum absolute atomic E-state index is 13.2. The molecule has 0 spiro atoms. The number of imide groups is 1. The zero-order chi connectivity index (χ0) is 25.4. The van der Waals surface area contributed by atoms with Crippen LogP contribution in [0.4, 0.5) is 4.79 Å². The van der Waals surface area contributed by atoms with Gasteiger partial charge in [-0.1, -0.05) is 36.4 Å². The van der Waals surface area contributed by atoms with Gasteiger partial charge >= 0.3 is 6.03 Å². The van der Waals surface area contributed by atoms with Gasteiger partial charge in [-0.25, -0.2) is 4.79 Å². The second-order valence-corrected chi connectivity index (χ2v) is 9.33. The molecule has 1 N–H and O–H groups in total. The third-order valence-corrected chi connectivity index (χ3v) is 6.98. The summed E-state index contributed by atoms with van der Waals surface area (Å²) in [5.74, 6) is 0.141. The highest BCUT2D eigenvalue weighted by molar-refractivity contribution is 6.09. The Morgan fingerprint density at radius 1 is 0.972 bits per heavy atom. The first-order valence-corrected chi connectivity index (χ1v) is 11.9. The number of nitrogens with one attached hydrogen (secondary N) is 1. The second kappa shape index (κ2) is 9.18. The highest BCUT2D eigenvalue weighted by Gasteiger charge is 2.50. The van der Waals surface area contributed by atoms with Crippen molar-refractivity contribution in [3.8, 4) is 11.5 Å². The van der Waals surface area contributed by atoms with Gasteiger partial charge in [0.2, 0.25) is 12.0 Å². The Morgan fingerprint density at radius 3 is 2.33 bits per heavy atom. The van der Waals surface area contributed by atoms with E-state index in [4.69, 9.17) is 9.47 Å². The predicted molar refractivity (Wildman–Crippen MR) is 128 cm³/mol. The van der Waals surface area contributed by atoms with Crippen LogP contribution in [0.2, 0.25) is 0 Å². The first-order chi connectivity index (χ1) is 17.3. The fourth-order valence-electron chi connectivity index (χ4n) is 4.91. The lowest BCUT2D eigenvalue weighted by molar-refractivity contribution is -0.147. The summed E-state index contributed by atoms with van der Waals surface area (Å²) >= 11 is 0. The largest absolute Gasteiger partial charge is 0.485 e. The van der Waals surface area contributed by atoms with Crippen molar-refractivity contribution < 1.29 is 28.7 Å². The monoisotopic (exact) mass is 492 g/mol. The molecule has 2 unspecified atom stereocenters. The number of hydrogen-bond acceptors (Lipinski definition) is 6. The van der Waals surface area contributed by atoms with Crippen molar-refractivity contribution >= 4 is 23.8 Å². The average Bonchev–Trinajstić information content (AvgIpc) is 3.11. The van der Waals surface area contributed by atoms with Gasteiger partial charge < -0.3 is 24.6 Å². The Kier molecular flexibility index (Phi) is 6.03. The molecule has 2 aromatic carbocycles. The van der Waals surface area contributed by atoms with Crippen LogP contribution in [0.5, 0.6) is 11.5 Å². The highest BCUT2D eigenvalue weighted by Crippen LogP contribution is 2.32. The number of carbonyl (C=O) groups excluding carboxylic acids is 4. The summed E-state index contributed by atoms with van der Waals surface area (Å²) < 4.78 is 11.5. The molecule has 3 aliphatic rings. The molecule has 3 aliphatic heterocycles. The fourth-order valence-corrected chi connectivity index (χ4v) is 4.91. The molecule has 0 bridgehead atoms. The molecule has 36 heavy (non-hydrogen) atoms. The number of fused-ring (bicyclic) bond motifs is 1. The molecule has 0 radical (unpaired) electrons. The van der Waals surface area contributed by atoms with E-state index >= 15 is 0 Å². The molecule has 3 heterocycles. The smallest absolute Gasteiger partial charge is 0.325 e. The van der Waals surface area contributed by atoms with E-state index in [9.17, 15) is 19.2 Å². The molecular weight excluding hydrogens is 464 g/mol. The van der Waals surface area contributed by atoms with Gasteiger partial charge in [0.15, 0.2) is 11.5 Å². The normalized spacial score (nSPS) is 23.5. The lowest BCUT2D eigenvalue weighted by Gasteiger charge is -2.37. The predicted octanol–water partition coefficient (Wildman–Crippen LogP) is 1.27. The van der Waals surface area contributed by atoms with Gasteiger partial charge in [0, 0.05) is 26.2 Å². The summed E-state index contributed by atoms with van der Waals surface area (Å²) in [5.41, 5.74) is 0.342. The van der Waals surface area contributed by atoms with Gasteiger partial charge in [0.05, 0.1) is 0 Å². The van der Waals surface area contributed by atoms with E-state index < -0.39 is 23.6 Å². The molecule has 5 amide bonds. The van der Waals surface area contributed by atoms with E-state index in [1.54, 1.807) is 34.9 Å². The Bertz CT molecular complexity index is 1220. The second-order valence-electron chi connectivity index (χ2n) is 9.33. The number of nitrogens with zero attached hydrogens (tertiary/aromatic N) is 3. The van der Waals surface area contributed by atoms with Gasteiger partial charge in [-0.15, -0.1) is 0 Å². The van der Waals surface area contributed by atoms with Crippen LogP contribution >= 0.6 is 0 Å². The van der Waals surface area contributed by atoms with E-state index in [1.165, 1.54) is 0 Å². The topological polar surface area (TPSA) is 108 Å². The number of piperazine rings is 1. The van der Waals surface area contributed by atoms with Crippen molar-refractivity contribution in [2.75, 3.05) is 39.3 Å². The van der Waals surface area contributed by atoms with E-state index in [1.807, 2.05) is 37.3 Å². The molecule has 10 nitrogen and oxygen atoms in total.